The Morgan fingerprint density at radius 3 is 2.88 bits per heavy atom. The second kappa shape index (κ2) is 6.19. The number of aromatic nitrogens is 4. The lowest BCUT2D eigenvalue weighted by Crippen LogP contribution is -2.15. The van der Waals surface area contributed by atoms with Crippen molar-refractivity contribution in [2.75, 3.05) is 13.2 Å². The Bertz CT molecular complexity index is 1140. The molecule has 4 aromatic rings. The van der Waals surface area contributed by atoms with Crippen molar-refractivity contribution in [3.05, 3.63) is 58.2 Å². The first-order valence-electron chi connectivity index (χ1n) is 7.57. The summed E-state index contributed by atoms with van der Waals surface area (Å²) in [6.07, 6.45) is 3.17. The number of ether oxygens (including phenoxy) is 1. The molecule has 0 radical (unpaired) electrons. The molecular formula is C17H13ClN4O3. The number of rotatable bonds is 4. The molecule has 0 spiro atoms. The average Bonchev–Trinajstić information content (AvgIpc) is 2.96. The maximum atomic E-state index is 12.5. The van der Waals surface area contributed by atoms with E-state index >= 15 is 0 Å². The van der Waals surface area contributed by atoms with Crippen LogP contribution in [0.2, 0.25) is 5.02 Å². The number of hydrogen-bond acceptors (Lipinski definition) is 5. The number of pyridine rings is 2. The third-order valence-electron chi connectivity index (χ3n) is 3.82. The van der Waals surface area contributed by atoms with Crippen LogP contribution in [0.1, 0.15) is 0 Å². The van der Waals surface area contributed by atoms with Gasteiger partial charge in [-0.15, -0.1) is 0 Å². The lowest BCUT2D eigenvalue weighted by molar-refractivity contribution is 0.202. The lowest BCUT2D eigenvalue weighted by Gasteiger charge is -2.09. The highest BCUT2D eigenvalue weighted by Crippen LogP contribution is 2.28. The molecule has 0 fully saturated rings. The Morgan fingerprint density at radius 1 is 1.20 bits per heavy atom. The summed E-state index contributed by atoms with van der Waals surface area (Å²) >= 11 is 6.25. The molecule has 4 rings (SSSR count). The summed E-state index contributed by atoms with van der Waals surface area (Å²) < 4.78 is 7.02. The molecule has 2 N–H and O–H groups in total. The van der Waals surface area contributed by atoms with Crippen molar-refractivity contribution in [2.24, 2.45) is 0 Å². The van der Waals surface area contributed by atoms with E-state index in [4.69, 9.17) is 21.4 Å². The number of imidazole rings is 1. The van der Waals surface area contributed by atoms with Gasteiger partial charge in [0.15, 0.2) is 5.65 Å². The summed E-state index contributed by atoms with van der Waals surface area (Å²) in [6, 6.07) is 8.72. The van der Waals surface area contributed by atoms with E-state index in [1.165, 1.54) is 10.8 Å². The van der Waals surface area contributed by atoms with Crippen LogP contribution >= 0.6 is 11.6 Å². The summed E-state index contributed by atoms with van der Waals surface area (Å²) in [5.41, 5.74) is 1.90. The topological polar surface area (TPSA) is 93.0 Å². The van der Waals surface area contributed by atoms with E-state index in [2.05, 4.69) is 15.0 Å². The molecule has 0 unspecified atom stereocenters. The van der Waals surface area contributed by atoms with Gasteiger partial charge in [0.05, 0.1) is 22.8 Å². The van der Waals surface area contributed by atoms with Gasteiger partial charge in [-0.05, 0) is 24.3 Å². The van der Waals surface area contributed by atoms with Gasteiger partial charge in [0.25, 0.3) is 0 Å². The highest BCUT2D eigenvalue weighted by molar-refractivity contribution is 6.35. The number of benzene rings is 1. The quantitative estimate of drug-likeness (QED) is 0.585. The van der Waals surface area contributed by atoms with Gasteiger partial charge in [0.2, 0.25) is 0 Å². The van der Waals surface area contributed by atoms with E-state index in [1.807, 2.05) is 0 Å². The first kappa shape index (κ1) is 15.6. The number of hydrogen-bond donors (Lipinski definition) is 2. The van der Waals surface area contributed by atoms with Gasteiger partial charge in [0, 0.05) is 23.8 Å². The monoisotopic (exact) mass is 356 g/mol. The van der Waals surface area contributed by atoms with E-state index in [0.717, 1.165) is 10.9 Å². The Kier molecular flexibility index (Phi) is 3.87. The zero-order valence-corrected chi connectivity index (χ0v) is 13.7. The lowest BCUT2D eigenvalue weighted by atomic mass is 10.2. The van der Waals surface area contributed by atoms with Crippen molar-refractivity contribution in [3.63, 3.8) is 0 Å². The van der Waals surface area contributed by atoms with Gasteiger partial charge in [-0.1, -0.05) is 11.6 Å². The molecule has 7 nitrogen and oxygen atoms in total. The fraction of sp³-hybridized carbons (Fsp3) is 0.118. The van der Waals surface area contributed by atoms with Gasteiger partial charge in [-0.3, -0.25) is 14.5 Å². The molecule has 0 saturated heterocycles. The second-order valence-corrected chi connectivity index (χ2v) is 5.75. The number of fused-ring (bicyclic) bond motifs is 2. The Balaban J connectivity index is 1.99. The van der Waals surface area contributed by atoms with Crippen LogP contribution in [0.5, 0.6) is 5.75 Å². The van der Waals surface area contributed by atoms with Crippen molar-refractivity contribution >= 4 is 33.7 Å². The summed E-state index contributed by atoms with van der Waals surface area (Å²) in [5.74, 6) is 0.454. The van der Waals surface area contributed by atoms with Crippen LogP contribution in [0.15, 0.2) is 47.5 Å². The molecule has 0 bridgehead atoms. The standard InChI is InChI=1S/C17H13ClN4O3/c18-12-3-5-19-13-2-1-10(9-11(12)13)22-15-14(25-8-7-23)4-6-20-16(15)21-17(22)24/h1-6,9,23H,7-8H2,(H,20,21,24). The minimum absolute atomic E-state index is 0.117. The first-order valence-corrected chi connectivity index (χ1v) is 7.95. The number of halogens is 1. The predicted octanol–water partition coefficient (Wildman–Crippen LogP) is 2.29. The van der Waals surface area contributed by atoms with Crippen LogP contribution in [0.25, 0.3) is 27.8 Å². The predicted molar refractivity (Wildman–Crippen MR) is 94.6 cm³/mol. The van der Waals surface area contributed by atoms with Crippen LogP contribution in [-0.4, -0.2) is 37.8 Å². The normalized spacial score (nSPS) is 11.3. The molecule has 0 amide bonds. The second-order valence-electron chi connectivity index (χ2n) is 5.34. The first-order chi connectivity index (χ1) is 12.2. The molecule has 8 heteroatoms. The van der Waals surface area contributed by atoms with Crippen molar-refractivity contribution in [2.45, 2.75) is 0 Å². The molecule has 1 aromatic carbocycles. The SMILES string of the molecule is O=c1[nH]c2nccc(OCCO)c2n1-c1ccc2nccc(Cl)c2c1. The fourth-order valence-electron chi connectivity index (χ4n) is 2.76. The number of aliphatic hydroxyl groups is 1. The molecule has 25 heavy (non-hydrogen) atoms. The molecule has 0 aliphatic rings. The number of nitrogens with zero attached hydrogens (tertiary/aromatic N) is 3. The molecule has 0 aliphatic carbocycles. The van der Waals surface area contributed by atoms with Crippen molar-refractivity contribution in [1.29, 1.82) is 0 Å². The van der Waals surface area contributed by atoms with Crippen molar-refractivity contribution in [1.82, 2.24) is 19.5 Å². The van der Waals surface area contributed by atoms with Crippen LogP contribution in [0.4, 0.5) is 0 Å². The third-order valence-corrected chi connectivity index (χ3v) is 4.15. The smallest absolute Gasteiger partial charge is 0.332 e. The van der Waals surface area contributed by atoms with Gasteiger partial charge < -0.3 is 9.84 Å². The fourth-order valence-corrected chi connectivity index (χ4v) is 2.97. The van der Waals surface area contributed by atoms with Crippen LogP contribution in [0.3, 0.4) is 0 Å². The molecule has 0 atom stereocenters. The number of aromatic amines is 1. The molecule has 3 heterocycles. The highest BCUT2D eigenvalue weighted by atomic mass is 35.5. The third kappa shape index (κ3) is 2.63. The van der Waals surface area contributed by atoms with Gasteiger partial charge in [-0.2, -0.15) is 0 Å². The zero-order valence-electron chi connectivity index (χ0n) is 12.9. The van der Waals surface area contributed by atoms with E-state index in [0.29, 0.717) is 27.6 Å². The molecular weight excluding hydrogens is 344 g/mol. The van der Waals surface area contributed by atoms with Crippen LogP contribution < -0.4 is 10.4 Å². The van der Waals surface area contributed by atoms with Crippen molar-refractivity contribution < 1.29 is 9.84 Å². The average molecular weight is 357 g/mol. The number of nitrogens with one attached hydrogen (secondary N) is 1. The number of aliphatic hydroxyl groups excluding tert-OH is 1. The molecule has 0 aliphatic heterocycles. The minimum atomic E-state index is -0.345. The Labute approximate surface area is 146 Å². The summed E-state index contributed by atoms with van der Waals surface area (Å²) in [6.45, 7) is -0.0122. The Morgan fingerprint density at radius 2 is 2.04 bits per heavy atom. The maximum Gasteiger partial charge on any atom is 0.332 e. The zero-order chi connectivity index (χ0) is 17.4. The highest BCUT2D eigenvalue weighted by Gasteiger charge is 2.15. The van der Waals surface area contributed by atoms with Gasteiger partial charge >= 0.3 is 5.69 Å². The number of H-pyrrole nitrogens is 1. The molecule has 3 aromatic heterocycles. The van der Waals surface area contributed by atoms with E-state index in [-0.39, 0.29) is 18.9 Å². The largest absolute Gasteiger partial charge is 0.489 e. The summed E-state index contributed by atoms with van der Waals surface area (Å²) in [4.78, 5) is 23.7. The molecule has 126 valence electrons. The van der Waals surface area contributed by atoms with E-state index < -0.39 is 0 Å². The molecule has 0 saturated carbocycles. The minimum Gasteiger partial charge on any atom is -0.489 e. The summed E-state index contributed by atoms with van der Waals surface area (Å²) in [7, 11) is 0. The van der Waals surface area contributed by atoms with Crippen molar-refractivity contribution in [3.8, 4) is 11.4 Å². The van der Waals surface area contributed by atoms with E-state index in [1.54, 1.807) is 36.5 Å². The van der Waals surface area contributed by atoms with Crippen LogP contribution in [0, 0.1) is 0 Å². The van der Waals surface area contributed by atoms with Gasteiger partial charge in [0.1, 0.15) is 17.9 Å². The van der Waals surface area contributed by atoms with Gasteiger partial charge in [-0.25, -0.2) is 9.78 Å². The maximum absolute atomic E-state index is 12.5. The summed E-state index contributed by atoms with van der Waals surface area (Å²) in [5, 5.41) is 10.3. The van der Waals surface area contributed by atoms with E-state index in [9.17, 15) is 4.79 Å². The van der Waals surface area contributed by atoms with Crippen LogP contribution in [-0.2, 0) is 0 Å². The Hall–Kier alpha value is -2.90.